The number of nitro benzene ring substituents is 2. The second-order valence-corrected chi connectivity index (χ2v) is 9.21. The van der Waals surface area contributed by atoms with E-state index in [0.717, 1.165) is 21.3 Å². The van der Waals surface area contributed by atoms with E-state index in [9.17, 15) is 39.4 Å². The Morgan fingerprint density at radius 3 is 1.28 bits per heavy atom. The quantitative estimate of drug-likeness (QED) is 0.219. The molecule has 0 aliphatic heterocycles. The standard InChI is InChI=1S/C28H16N6O9/c35-25-21-11-5-17(33(39)40)13-23(21)29-27(37)31(25)15-1-7-19(8-2-15)43-20-9-3-16(4-10-20)32-26(36)22-12-6-18(34(41)42)14-24(22)30-28(32)38/h1-14H,(H,29,37)(H,30,38). The third kappa shape index (κ3) is 4.71. The zero-order chi connectivity index (χ0) is 30.4. The number of H-pyrrole nitrogens is 2. The summed E-state index contributed by atoms with van der Waals surface area (Å²) in [6, 6.07) is 19.1. The maximum Gasteiger partial charge on any atom is 0.333 e. The number of nitrogens with one attached hydrogen (secondary N) is 2. The zero-order valence-electron chi connectivity index (χ0n) is 21.5. The number of ether oxygens (including phenoxy) is 1. The van der Waals surface area contributed by atoms with Gasteiger partial charge in [-0.25, -0.2) is 18.7 Å². The van der Waals surface area contributed by atoms with Crippen molar-refractivity contribution < 1.29 is 14.6 Å². The van der Waals surface area contributed by atoms with Gasteiger partial charge in [0.15, 0.2) is 0 Å². The molecular formula is C28H16N6O9. The molecule has 43 heavy (non-hydrogen) atoms. The van der Waals surface area contributed by atoms with Crippen LogP contribution in [0.25, 0.3) is 33.2 Å². The molecule has 15 nitrogen and oxygen atoms in total. The molecule has 2 aromatic heterocycles. The molecule has 0 saturated carbocycles. The predicted molar refractivity (Wildman–Crippen MR) is 154 cm³/mol. The molecule has 0 unspecified atom stereocenters. The fourth-order valence-corrected chi connectivity index (χ4v) is 4.57. The average Bonchev–Trinajstić information content (AvgIpc) is 2.98. The van der Waals surface area contributed by atoms with E-state index in [-0.39, 0.29) is 44.6 Å². The van der Waals surface area contributed by atoms with Gasteiger partial charge >= 0.3 is 11.4 Å². The number of aromatic amines is 2. The van der Waals surface area contributed by atoms with Crippen LogP contribution in [0.2, 0.25) is 0 Å². The fraction of sp³-hybridized carbons (Fsp3) is 0. The molecule has 6 aromatic rings. The van der Waals surface area contributed by atoms with Gasteiger partial charge in [0.25, 0.3) is 22.5 Å². The van der Waals surface area contributed by atoms with Gasteiger partial charge in [-0.05, 0) is 60.7 Å². The number of benzene rings is 4. The van der Waals surface area contributed by atoms with Crippen LogP contribution in [0.4, 0.5) is 11.4 Å². The molecule has 2 heterocycles. The van der Waals surface area contributed by atoms with Crippen LogP contribution in [-0.2, 0) is 0 Å². The maximum absolute atomic E-state index is 13.0. The van der Waals surface area contributed by atoms with E-state index in [4.69, 9.17) is 4.74 Å². The van der Waals surface area contributed by atoms with E-state index in [1.54, 1.807) is 0 Å². The first kappa shape index (κ1) is 26.6. The summed E-state index contributed by atoms with van der Waals surface area (Å²) in [4.78, 5) is 77.0. The van der Waals surface area contributed by atoms with Crippen molar-refractivity contribution >= 4 is 33.2 Å². The molecule has 0 aliphatic carbocycles. The van der Waals surface area contributed by atoms with Crippen molar-refractivity contribution in [2.75, 3.05) is 0 Å². The summed E-state index contributed by atoms with van der Waals surface area (Å²) in [5.41, 5.74) is -2.85. The third-order valence-corrected chi connectivity index (χ3v) is 6.61. The summed E-state index contributed by atoms with van der Waals surface area (Å²) < 4.78 is 7.60. The first-order chi connectivity index (χ1) is 20.6. The molecule has 15 heteroatoms. The van der Waals surface area contributed by atoms with E-state index in [2.05, 4.69) is 9.97 Å². The van der Waals surface area contributed by atoms with Crippen molar-refractivity contribution in [1.82, 2.24) is 19.1 Å². The maximum atomic E-state index is 13.0. The Bertz CT molecular complexity index is 2190. The number of fused-ring (bicyclic) bond motifs is 2. The van der Waals surface area contributed by atoms with Gasteiger partial charge in [-0.15, -0.1) is 0 Å². The van der Waals surface area contributed by atoms with Crippen molar-refractivity contribution in [2.45, 2.75) is 0 Å². The number of nitro groups is 2. The van der Waals surface area contributed by atoms with Gasteiger partial charge in [0, 0.05) is 24.3 Å². The van der Waals surface area contributed by atoms with Crippen molar-refractivity contribution in [3.8, 4) is 22.9 Å². The number of hydrogen-bond donors (Lipinski definition) is 2. The van der Waals surface area contributed by atoms with Crippen LogP contribution in [-0.4, -0.2) is 28.9 Å². The minimum atomic E-state index is -0.778. The second kappa shape index (κ2) is 10.1. The van der Waals surface area contributed by atoms with E-state index < -0.39 is 32.3 Å². The topological polar surface area (TPSA) is 205 Å². The molecule has 0 atom stereocenters. The third-order valence-electron chi connectivity index (χ3n) is 6.61. The average molecular weight is 580 g/mol. The minimum absolute atomic E-state index is 0.0424. The summed E-state index contributed by atoms with van der Waals surface area (Å²) in [7, 11) is 0. The summed E-state index contributed by atoms with van der Waals surface area (Å²) in [6.45, 7) is 0. The lowest BCUT2D eigenvalue weighted by atomic mass is 10.2. The van der Waals surface area contributed by atoms with Crippen molar-refractivity contribution in [3.05, 3.63) is 147 Å². The molecule has 0 amide bonds. The first-order valence-electron chi connectivity index (χ1n) is 12.4. The monoisotopic (exact) mass is 580 g/mol. The lowest BCUT2D eigenvalue weighted by Gasteiger charge is -2.10. The highest BCUT2D eigenvalue weighted by molar-refractivity contribution is 5.81. The highest BCUT2D eigenvalue weighted by Gasteiger charge is 2.15. The summed E-state index contributed by atoms with van der Waals surface area (Å²) in [6.07, 6.45) is 0. The Morgan fingerprint density at radius 1 is 0.558 bits per heavy atom. The number of hydrogen-bond acceptors (Lipinski definition) is 9. The van der Waals surface area contributed by atoms with Crippen molar-refractivity contribution in [1.29, 1.82) is 0 Å². The number of rotatable bonds is 6. The SMILES string of the molecule is O=c1[nH]c2cc([N+](=O)[O-])ccc2c(=O)n1-c1ccc(Oc2ccc(-n3c(=O)[nH]c4cc([N+](=O)[O-])ccc4c3=O)cc2)cc1. The Balaban J connectivity index is 1.26. The van der Waals surface area contributed by atoms with Crippen LogP contribution >= 0.6 is 0 Å². The zero-order valence-corrected chi connectivity index (χ0v) is 21.5. The Hall–Kier alpha value is -6.64. The normalized spacial score (nSPS) is 11.1. The molecule has 0 spiro atoms. The molecule has 0 aliphatic rings. The molecule has 0 fully saturated rings. The van der Waals surface area contributed by atoms with Crippen LogP contribution in [0.3, 0.4) is 0 Å². The summed E-state index contributed by atoms with van der Waals surface area (Å²) in [5.74, 6) is 0.694. The molecule has 2 N–H and O–H groups in total. The van der Waals surface area contributed by atoms with Gasteiger partial charge in [-0.3, -0.25) is 29.8 Å². The van der Waals surface area contributed by atoms with Gasteiger partial charge in [0.2, 0.25) is 0 Å². The van der Waals surface area contributed by atoms with Crippen molar-refractivity contribution in [3.63, 3.8) is 0 Å². The number of aromatic nitrogens is 4. The summed E-state index contributed by atoms with van der Waals surface area (Å²) >= 11 is 0. The van der Waals surface area contributed by atoms with Gasteiger partial charge in [-0.1, -0.05) is 0 Å². The smallest absolute Gasteiger partial charge is 0.333 e. The minimum Gasteiger partial charge on any atom is -0.457 e. The Morgan fingerprint density at radius 2 is 0.930 bits per heavy atom. The lowest BCUT2D eigenvalue weighted by molar-refractivity contribution is -0.384. The number of non-ortho nitro benzene ring substituents is 2. The first-order valence-corrected chi connectivity index (χ1v) is 12.4. The van der Waals surface area contributed by atoms with Crippen LogP contribution in [0.15, 0.2) is 104 Å². The van der Waals surface area contributed by atoms with Crippen LogP contribution in [0.5, 0.6) is 11.5 Å². The molecule has 6 rings (SSSR count). The largest absolute Gasteiger partial charge is 0.457 e. The molecule has 212 valence electrons. The van der Waals surface area contributed by atoms with Gasteiger partial charge in [0.1, 0.15) is 11.5 Å². The molecule has 0 radical (unpaired) electrons. The van der Waals surface area contributed by atoms with E-state index >= 15 is 0 Å². The van der Waals surface area contributed by atoms with E-state index in [1.807, 2.05) is 0 Å². The molecule has 0 saturated heterocycles. The van der Waals surface area contributed by atoms with Crippen LogP contribution in [0, 0.1) is 20.2 Å². The highest BCUT2D eigenvalue weighted by atomic mass is 16.6. The van der Waals surface area contributed by atoms with Gasteiger partial charge in [0.05, 0.1) is 43.0 Å². The lowest BCUT2D eigenvalue weighted by Crippen LogP contribution is -2.33. The van der Waals surface area contributed by atoms with E-state index in [0.29, 0.717) is 11.5 Å². The van der Waals surface area contributed by atoms with Crippen LogP contribution in [0.1, 0.15) is 0 Å². The second-order valence-electron chi connectivity index (χ2n) is 9.21. The molecule has 0 bridgehead atoms. The number of nitrogens with zero attached hydrogens (tertiary/aromatic N) is 4. The Kier molecular flexibility index (Phi) is 6.23. The fourth-order valence-electron chi connectivity index (χ4n) is 4.57. The van der Waals surface area contributed by atoms with Gasteiger partial charge in [-0.2, -0.15) is 0 Å². The summed E-state index contributed by atoms with van der Waals surface area (Å²) in [5, 5.41) is 22.2. The Labute approximate surface area is 236 Å². The molecule has 4 aromatic carbocycles. The van der Waals surface area contributed by atoms with Gasteiger partial charge < -0.3 is 14.7 Å². The van der Waals surface area contributed by atoms with Crippen LogP contribution < -0.4 is 27.2 Å². The molecular weight excluding hydrogens is 564 g/mol. The highest BCUT2D eigenvalue weighted by Crippen LogP contribution is 2.24. The predicted octanol–water partition coefficient (Wildman–Crippen LogP) is 3.28. The van der Waals surface area contributed by atoms with Crippen molar-refractivity contribution in [2.24, 2.45) is 0 Å². The van der Waals surface area contributed by atoms with E-state index in [1.165, 1.54) is 72.8 Å².